The lowest BCUT2D eigenvalue weighted by molar-refractivity contribution is 0.137. The molecule has 0 fully saturated rings. The highest BCUT2D eigenvalue weighted by atomic mass is 16.3. The van der Waals surface area contributed by atoms with Crippen LogP contribution in [-0.2, 0) is 0 Å². The van der Waals surface area contributed by atoms with Crippen molar-refractivity contribution in [1.82, 2.24) is 9.80 Å². The number of hydrogen-bond donors (Lipinski definition) is 1. The third-order valence-electron chi connectivity index (χ3n) is 1.50. The van der Waals surface area contributed by atoms with Crippen molar-refractivity contribution in [1.29, 1.82) is 0 Å². The summed E-state index contributed by atoms with van der Waals surface area (Å²) in [6.07, 6.45) is -0.220. The van der Waals surface area contributed by atoms with E-state index in [9.17, 15) is 0 Å². The molecule has 0 aliphatic carbocycles. The molecule has 0 heterocycles. The van der Waals surface area contributed by atoms with Crippen molar-refractivity contribution in [3.63, 3.8) is 0 Å². The van der Waals surface area contributed by atoms with Crippen molar-refractivity contribution in [3.05, 3.63) is 0 Å². The molecule has 1 unspecified atom stereocenters. The molecule has 0 spiro atoms. The molecular weight excluding hydrogens is 140 g/mol. The van der Waals surface area contributed by atoms with Gasteiger partial charge < -0.3 is 14.9 Å². The largest absolute Gasteiger partial charge is 0.392 e. The maximum absolute atomic E-state index is 9.03. The molecule has 0 radical (unpaired) electrons. The minimum Gasteiger partial charge on any atom is -0.392 e. The Bertz CT molecular complexity index is 94.1. The van der Waals surface area contributed by atoms with Gasteiger partial charge in [0.1, 0.15) is 0 Å². The summed E-state index contributed by atoms with van der Waals surface area (Å²) in [4.78, 5) is 4.27. The minimum atomic E-state index is -0.220. The first-order chi connectivity index (χ1) is 5.02. The molecule has 0 amide bonds. The van der Waals surface area contributed by atoms with Crippen LogP contribution in [-0.4, -0.2) is 61.8 Å². The van der Waals surface area contributed by atoms with Gasteiger partial charge in [-0.1, -0.05) is 0 Å². The summed E-state index contributed by atoms with van der Waals surface area (Å²) in [6, 6.07) is 0. The van der Waals surface area contributed by atoms with Crippen LogP contribution in [0, 0.1) is 0 Å². The molecule has 0 aromatic carbocycles. The first-order valence-electron chi connectivity index (χ1n) is 4.03. The molecule has 1 N–H and O–H groups in total. The lowest BCUT2D eigenvalue weighted by atomic mass is 10.4. The standard InChI is InChI=1S/C8H20N2O/c1-8(11)7-10(4)6-5-9(2)3/h8,11H,5-7H2,1-4H3. The number of aliphatic hydroxyl groups excluding tert-OH is 1. The number of nitrogens with zero attached hydrogens (tertiary/aromatic N) is 2. The summed E-state index contributed by atoms with van der Waals surface area (Å²) in [5.74, 6) is 0. The molecule has 0 aliphatic rings. The van der Waals surface area contributed by atoms with Crippen LogP contribution < -0.4 is 0 Å². The van der Waals surface area contributed by atoms with E-state index in [4.69, 9.17) is 5.11 Å². The zero-order chi connectivity index (χ0) is 8.85. The summed E-state index contributed by atoms with van der Waals surface area (Å²) in [7, 11) is 6.13. The number of likely N-dealkylation sites (N-methyl/N-ethyl adjacent to an activating group) is 2. The second kappa shape index (κ2) is 5.52. The van der Waals surface area contributed by atoms with Gasteiger partial charge in [-0.25, -0.2) is 0 Å². The normalized spacial score (nSPS) is 14.5. The van der Waals surface area contributed by atoms with Crippen LogP contribution >= 0.6 is 0 Å². The van der Waals surface area contributed by atoms with Crippen LogP contribution in [0.3, 0.4) is 0 Å². The van der Waals surface area contributed by atoms with Crippen LogP contribution in [0.2, 0.25) is 0 Å². The fourth-order valence-electron chi connectivity index (χ4n) is 0.913. The number of rotatable bonds is 5. The Labute approximate surface area is 69.6 Å². The van der Waals surface area contributed by atoms with Crippen LogP contribution in [0.1, 0.15) is 6.92 Å². The van der Waals surface area contributed by atoms with E-state index in [1.54, 1.807) is 0 Å². The molecule has 0 aliphatic heterocycles. The summed E-state index contributed by atoms with van der Waals surface area (Å²) in [6.45, 7) is 4.63. The Kier molecular flexibility index (Phi) is 5.46. The van der Waals surface area contributed by atoms with Gasteiger partial charge in [0, 0.05) is 19.6 Å². The van der Waals surface area contributed by atoms with Gasteiger partial charge >= 0.3 is 0 Å². The fourth-order valence-corrected chi connectivity index (χ4v) is 0.913. The molecule has 0 saturated heterocycles. The van der Waals surface area contributed by atoms with Crippen molar-refractivity contribution in [2.24, 2.45) is 0 Å². The van der Waals surface area contributed by atoms with Crippen molar-refractivity contribution in [2.45, 2.75) is 13.0 Å². The number of aliphatic hydroxyl groups is 1. The van der Waals surface area contributed by atoms with Gasteiger partial charge in [0.15, 0.2) is 0 Å². The van der Waals surface area contributed by atoms with Gasteiger partial charge in [-0.05, 0) is 28.1 Å². The molecule has 0 bridgehead atoms. The number of hydrogen-bond acceptors (Lipinski definition) is 3. The van der Waals surface area contributed by atoms with Gasteiger partial charge in [-0.15, -0.1) is 0 Å². The average molecular weight is 160 g/mol. The van der Waals surface area contributed by atoms with Crippen molar-refractivity contribution < 1.29 is 5.11 Å². The van der Waals surface area contributed by atoms with E-state index < -0.39 is 0 Å². The Morgan fingerprint density at radius 2 is 1.73 bits per heavy atom. The smallest absolute Gasteiger partial charge is 0.0638 e. The molecule has 1 atom stereocenters. The first kappa shape index (κ1) is 10.9. The van der Waals surface area contributed by atoms with Crippen LogP contribution in [0.4, 0.5) is 0 Å². The predicted octanol–water partition coefficient (Wildman–Crippen LogP) is -0.139. The summed E-state index contributed by atoms with van der Waals surface area (Å²) in [5, 5.41) is 9.03. The maximum atomic E-state index is 9.03. The summed E-state index contributed by atoms with van der Waals surface area (Å²) < 4.78 is 0. The third-order valence-corrected chi connectivity index (χ3v) is 1.50. The van der Waals surface area contributed by atoms with E-state index in [0.29, 0.717) is 0 Å². The van der Waals surface area contributed by atoms with Crippen LogP contribution in [0.15, 0.2) is 0 Å². The highest BCUT2D eigenvalue weighted by Gasteiger charge is 2.01. The van der Waals surface area contributed by atoms with Crippen molar-refractivity contribution in [2.75, 3.05) is 40.8 Å². The molecule has 3 nitrogen and oxygen atoms in total. The lowest BCUT2D eigenvalue weighted by Crippen LogP contribution is -2.33. The second-order valence-electron chi connectivity index (χ2n) is 3.41. The zero-order valence-corrected chi connectivity index (χ0v) is 8.04. The SMILES string of the molecule is CC(O)CN(C)CCN(C)C. The van der Waals surface area contributed by atoms with E-state index >= 15 is 0 Å². The lowest BCUT2D eigenvalue weighted by Gasteiger charge is -2.20. The van der Waals surface area contributed by atoms with Crippen molar-refractivity contribution in [3.8, 4) is 0 Å². The summed E-state index contributed by atoms with van der Waals surface area (Å²) >= 11 is 0. The van der Waals surface area contributed by atoms with Gasteiger partial charge in [0.25, 0.3) is 0 Å². The second-order valence-corrected chi connectivity index (χ2v) is 3.41. The Hall–Kier alpha value is -0.120. The maximum Gasteiger partial charge on any atom is 0.0638 e. The van der Waals surface area contributed by atoms with E-state index in [2.05, 4.69) is 23.9 Å². The molecule has 11 heavy (non-hydrogen) atoms. The molecule has 68 valence electrons. The quantitative estimate of drug-likeness (QED) is 0.606. The van der Waals surface area contributed by atoms with Gasteiger partial charge in [0.05, 0.1) is 6.10 Å². The highest BCUT2D eigenvalue weighted by molar-refractivity contribution is 4.57. The Morgan fingerprint density at radius 3 is 2.09 bits per heavy atom. The Balaban J connectivity index is 3.29. The monoisotopic (exact) mass is 160 g/mol. The van der Waals surface area contributed by atoms with E-state index in [1.165, 1.54) is 0 Å². The fraction of sp³-hybridized carbons (Fsp3) is 1.00. The van der Waals surface area contributed by atoms with Gasteiger partial charge in [0.2, 0.25) is 0 Å². The minimum absolute atomic E-state index is 0.220. The molecule has 0 saturated carbocycles. The molecule has 0 rings (SSSR count). The molecule has 0 aromatic rings. The first-order valence-corrected chi connectivity index (χ1v) is 4.03. The van der Waals surface area contributed by atoms with Gasteiger partial charge in [-0.2, -0.15) is 0 Å². The van der Waals surface area contributed by atoms with E-state index in [0.717, 1.165) is 19.6 Å². The molecular formula is C8H20N2O. The van der Waals surface area contributed by atoms with Crippen LogP contribution in [0.25, 0.3) is 0 Å². The third kappa shape index (κ3) is 7.78. The highest BCUT2D eigenvalue weighted by Crippen LogP contribution is 1.87. The van der Waals surface area contributed by atoms with Crippen molar-refractivity contribution >= 4 is 0 Å². The van der Waals surface area contributed by atoms with E-state index in [-0.39, 0.29) is 6.10 Å². The Morgan fingerprint density at radius 1 is 1.18 bits per heavy atom. The molecule has 3 heteroatoms. The predicted molar refractivity (Wildman–Crippen MR) is 47.7 cm³/mol. The topological polar surface area (TPSA) is 26.7 Å². The van der Waals surface area contributed by atoms with Gasteiger partial charge in [-0.3, -0.25) is 0 Å². The average Bonchev–Trinajstić information content (AvgIpc) is 1.82. The summed E-state index contributed by atoms with van der Waals surface area (Å²) in [5.41, 5.74) is 0. The zero-order valence-electron chi connectivity index (χ0n) is 8.04. The molecule has 0 aromatic heterocycles. The van der Waals surface area contributed by atoms with Crippen LogP contribution in [0.5, 0.6) is 0 Å². The van der Waals surface area contributed by atoms with E-state index in [1.807, 2.05) is 14.0 Å².